The Morgan fingerprint density at radius 2 is 1.86 bits per heavy atom. The molecule has 1 amide bonds. The summed E-state index contributed by atoms with van der Waals surface area (Å²) in [7, 11) is 0. The molecule has 1 aromatic rings. The Hall–Kier alpha value is -1.40. The molecule has 122 valence electrons. The molecular weight excluding hydrogens is 302 g/mol. The van der Waals surface area contributed by atoms with Crippen molar-refractivity contribution in [1.82, 2.24) is 20.2 Å². The van der Waals surface area contributed by atoms with Crippen LogP contribution >= 0.6 is 12.4 Å². The minimum absolute atomic E-state index is 0. The number of nitrogens with zero attached hydrogens (tertiary/aromatic N) is 4. The SMILES string of the molecule is Cc1cc(N2CCC(C(=O)N3CCNCC3)CC2)ncn1.Cl. The first kappa shape index (κ1) is 17.0. The summed E-state index contributed by atoms with van der Waals surface area (Å²) in [5, 5.41) is 3.29. The first-order valence-corrected chi connectivity index (χ1v) is 7.77. The summed E-state index contributed by atoms with van der Waals surface area (Å²) in [6.45, 7) is 7.33. The summed E-state index contributed by atoms with van der Waals surface area (Å²) >= 11 is 0. The molecule has 0 spiro atoms. The molecule has 0 saturated carbocycles. The zero-order valence-corrected chi connectivity index (χ0v) is 13.8. The summed E-state index contributed by atoms with van der Waals surface area (Å²) in [5.74, 6) is 1.51. The lowest BCUT2D eigenvalue weighted by molar-refractivity contribution is -0.136. The molecule has 2 saturated heterocycles. The molecule has 3 rings (SSSR count). The van der Waals surface area contributed by atoms with Gasteiger partial charge in [-0.2, -0.15) is 0 Å². The molecule has 22 heavy (non-hydrogen) atoms. The maximum absolute atomic E-state index is 12.5. The number of aromatic nitrogens is 2. The summed E-state index contributed by atoms with van der Waals surface area (Å²) in [4.78, 5) is 25.3. The first-order valence-electron chi connectivity index (χ1n) is 7.77. The molecule has 3 heterocycles. The topological polar surface area (TPSA) is 61.4 Å². The van der Waals surface area contributed by atoms with E-state index in [0.29, 0.717) is 5.91 Å². The molecule has 0 unspecified atom stereocenters. The number of hydrogen-bond donors (Lipinski definition) is 1. The van der Waals surface area contributed by atoms with Gasteiger partial charge in [0.15, 0.2) is 0 Å². The molecular formula is C15H24ClN5O. The molecule has 0 aliphatic carbocycles. The second-order valence-corrected chi connectivity index (χ2v) is 5.85. The third kappa shape index (κ3) is 3.87. The monoisotopic (exact) mass is 325 g/mol. The van der Waals surface area contributed by atoms with Crippen molar-refractivity contribution >= 4 is 24.1 Å². The number of carbonyl (C=O) groups excluding carboxylic acids is 1. The number of aryl methyl sites for hydroxylation is 1. The van der Waals surface area contributed by atoms with E-state index in [-0.39, 0.29) is 18.3 Å². The Balaban J connectivity index is 0.00000176. The lowest BCUT2D eigenvalue weighted by Gasteiger charge is -2.36. The molecule has 0 aromatic carbocycles. The molecule has 0 atom stereocenters. The molecule has 2 aliphatic rings. The van der Waals surface area contributed by atoms with Crippen LogP contribution in [0.25, 0.3) is 0 Å². The number of amides is 1. The fourth-order valence-electron chi connectivity index (χ4n) is 3.11. The Kier molecular flexibility index (Phi) is 5.97. The number of nitrogens with one attached hydrogen (secondary N) is 1. The van der Waals surface area contributed by atoms with Gasteiger partial charge in [0.2, 0.25) is 5.91 Å². The molecule has 7 heteroatoms. The number of anilines is 1. The van der Waals surface area contributed by atoms with Crippen molar-refractivity contribution < 1.29 is 4.79 Å². The van der Waals surface area contributed by atoms with Crippen LogP contribution in [-0.4, -0.2) is 60.0 Å². The second kappa shape index (κ2) is 7.74. The average molecular weight is 326 g/mol. The Bertz CT molecular complexity index is 498. The summed E-state index contributed by atoms with van der Waals surface area (Å²) < 4.78 is 0. The van der Waals surface area contributed by atoms with Crippen LogP contribution in [0, 0.1) is 12.8 Å². The minimum Gasteiger partial charge on any atom is -0.356 e. The average Bonchev–Trinajstić information content (AvgIpc) is 2.55. The van der Waals surface area contributed by atoms with Crippen molar-refractivity contribution in [3.63, 3.8) is 0 Å². The molecule has 0 radical (unpaired) electrons. The highest BCUT2D eigenvalue weighted by Gasteiger charge is 2.29. The second-order valence-electron chi connectivity index (χ2n) is 5.85. The van der Waals surface area contributed by atoms with Gasteiger partial charge in [0.05, 0.1) is 0 Å². The molecule has 6 nitrogen and oxygen atoms in total. The zero-order chi connectivity index (χ0) is 14.7. The molecule has 0 bridgehead atoms. The fourth-order valence-corrected chi connectivity index (χ4v) is 3.11. The number of piperazine rings is 1. The van der Waals surface area contributed by atoms with Crippen LogP contribution in [0.1, 0.15) is 18.5 Å². The highest BCUT2D eigenvalue weighted by Crippen LogP contribution is 2.23. The largest absolute Gasteiger partial charge is 0.356 e. The van der Waals surface area contributed by atoms with Crippen LogP contribution in [-0.2, 0) is 4.79 Å². The number of piperidine rings is 1. The van der Waals surface area contributed by atoms with Gasteiger partial charge in [-0.25, -0.2) is 9.97 Å². The van der Waals surface area contributed by atoms with E-state index < -0.39 is 0 Å². The quantitative estimate of drug-likeness (QED) is 0.873. The van der Waals surface area contributed by atoms with Crippen molar-refractivity contribution in [2.24, 2.45) is 5.92 Å². The van der Waals surface area contributed by atoms with E-state index in [0.717, 1.165) is 63.6 Å². The van der Waals surface area contributed by atoms with Crippen molar-refractivity contribution in [2.75, 3.05) is 44.2 Å². The number of halogens is 1. The van der Waals surface area contributed by atoms with Gasteiger partial charge in [-0.05, 0) is 19.8 Å². The molecule has 1 N–H and O–H groups in total. The molecule has 2 fully saturated rings. The van der Waals surface area contributed by atoms with Gasteiger partial charge in [-0.15, -0.1) is 12.4 Å². The zero-order valence-electron chi connectivity index (χ0n) is 13.0. The van der Waals surface area contributed by atoms with Gasteiger partial charge in [0.25, 0.3) is 0 Å². The van der Waals surface area contributed by atoms with Crippen LogP contribution in [0.5, 0.6) is 0 Å². The summed E-state index contributed by atoms with van der Waals surface area (Å²) in [6.07, 6.45) is 3.46. The molecule has 1 aromatic heterocycles. The standard InChI is InChI=1S/C15H23N5O.ClH/c1-12-10-14(18-11-17-12)19-6-2-13(3-7-19)15(21)20-8-4-16-5-9-20;/h10-11,13,16H,2-9H2,1H3;1H. The Labute approximate surface area is 137 Å². The van der Waals surface area contributed by atoms with Crippen molar-refractivity contribution in [2.45, 2.75) is 19.8 Å². The lowest BCUT2D eigenvalue weighted by atomic mass is 9.95. The number of hydrogen-bond acceptors (Lipinski definition) is 5. The van der Waals surface area contributed by atoms with E-state index in [4.69, 9.17) is 0 Å². The van der Waals surface area contributed by atoms with E-state index in [2.05, 4.69) is 20.2 Å². The van der Waals surface area contributed by atoms with Gasteiger partial charge in [-0.3, -0.25) is 4.79 Å². The number of carbonyl (C=O) groups is 1. The third-order valence-corrected chi connectivity index (χ3v) is 4.39. The predicted molar refractivity (Wildman–Crippen MR) is 88.4 cm³/mol. The van der Waals surface area contributed by atoms with Gasteiger partial charge >= 0.3 is 0 Å². The van der Waals surface area contributed by atoms with Crippen LogP contribution in [0.3, 0.4) is 0 Å². The summed E-state index contributed by atoms with van der Waals surface area (Å²) in [5.41, 5.74) is 0.985. The maximum Gasteiger partial charge on any atom is 0.225 e. The maximum atomic E-state index is 12.5. The van der Waals surface area contributed by atoms with E-state index in [9.17, 15) is 4.79 Å². The van der Waals surface area contributed by atoms with Crippen molar-refractivity contribution in [1.29, 1.82) is 0 Å². The van der Waals surface area contributed by atoms with Gasteiger partial charge in [0, 0.05) is 56.9 Å². The number of rotatable bonds is 2. The van der Waals surface area contributed by atoms with Gasteiger partial charge in [0.1, 0.15) is 12.1 Å². The third-order valence-electron chi connectivity index (χ3n) is 4.39. The van der Waals surface area contributed by atoms with Crippen LogP contribution in [0.4, 0.5) is 5.82 Å². The van der Waals surface area contributed by atoms with E-state index in [1.54, 1.807) is 6.33 Å². The van der Waals surface area contributed by atoms with Gasteiger partial charge in [-0.1, -0.05) is 0 Å². The van der Waals surface area contributed by atoms with Gasteiger partial charge < -0.3 is 15.1 Å². The molecule has 2 aliphatic heterocycles. The van der Waals surface area contributed by atoms with E-state index in [1.807, 2.05) is 17.9 Å². The van der Waals surface area contributed by atoms with Crippen molar-refractivity contribution in [3.8, 4) is 0 Å². The van der Waals surface area contributed by atoms with Crippen LogP contribution in [0.15, 0.2) is 12.4 Å². The van der Waals surface area contributed by atoms with Crippen LogP contribution < -0.4 is 10.2 Å². The van der Waals surface area contributed by atoms with E-state index >= 15 is 0 Å². The van der Waals surface area contributed by atoms with Crippen LogP contribution in [0.2, 0.25) is 0 Å². The summed E-state index contributed by atoms with van der Waals surface area (Å²) in [6, 6.07) is 2.01. The smallest absolute Gasteiger partial charge is 0.225 e. The highest BCUT2D eigenvalue weighted by molar-refractivity contribution is 5.85. The fraction of sp³-hybridized carbons (Fsp3) is 0.667. The van der Waals surface area contributed by atoms with Crippen molar-refractivity contribution in [3.05, 3.63) is 18.1 Å². The minimum atomic E-state index is 0. The Morgan fingerprint density at radius 1 is 1.18 bits per heavy atom. The van der Waals surface area contributed by atoms with E-state index in [1.165, 1.54) is 0 Å². The predicted octanol–water partition coefficient (Wildman–Crippen LogP) is 0.855. The highest BCUT2D eigenvalue weighted by atomic mass is 35.5. The lowest BCUT2D eigenvalue weighted by Crippen LogP contribution is -2.50. The normalized spacial score (nSPS) is 19.7. The Morgan fingerprint density at radius 3 is 2.50 bits per heavy atom. The first-order chi connectivity index (χ1) is 10.2.